The van der Waals surface area contributed by atoms with E-state index in [1.54, 1.807) is 13.8 Å². The fourth-order valence-corrected chi connectivity index (χ4v) is 0.465. The molecule has 0 amide bonds. The monoisotopic (exact) mass is 135 g/mol. The maximum Gasteiger partial charge on any atom is 0.105 e. The minimum Gasteiger partial charge on any atom is -0.320 e. The minimum absolute atomic E-state index is 0.636. The molecule has 0 aliphatic carbocycles. The summed E-state index contributed by atoms with van der Waals surface area (Å²) in [6.07, 6.45) is 0.681. The van der Waals surface area contributed by atoms with Crippen molar-refractivity contribution < 1.29 is 9.47 Å². The second-order valence-corrected chi connectivity index (χ2v) is 2.69. The van der Waals surface area contributed by atoms with Gasteiger partial charge in [0.2, 0.25) is 0 Å². The molecule has 0 heterocycles. The molecule has 0 aliphatic heterocycles. The van der Waals surface area contributed by atoms with Crippen LogP contribution in [0, 0.1) is 0 Å². The van der Waals surface area contributed by atoms with Gasteiger partial charge in [0.1, 0.15) is 5.60 Å². The molecule has 0 aromatic rings. The van der Waals surface area contributed by atoms with Crippen molar-refractivity contribution in [3.05, 3.63) is 0 Å². The number of nitrogens with one attached hydrogen (secondary N) is 1. The average Bonchev–Trinajstić information content (AvgIpc) is 1.84. The van der Waals surface area contributed by atoms with Crippen LogP contribution in [0.4, 0.5) is 4.53 Å². The summed E-state index contributed by atoms with van der Waals surface area (Å²) in [5.74, 6) is 0. The first-order valence-corrected chi connectivity index (χ1v) is 3.07. The Hall–Kier alpha value is -0.150. The Labute approximate surface area is 55.3 Å². The lowest BCUT2D eigenvalue weighted by Crippen LogP contribution is -2.26. The molecule has 0 aliphatic rings. The molecule has 0 unspecified atom stereocenters. The minimum atomic E-state index is -0.636. The van der Waals surface area contributed by atoms with Gasteiger partial charge in [0.05, 0.1) is 0 Å². The molecule has 0 bridgehead atoms. The Morgan fingerprint density at radius 1 is 1.56 bits per heavy atom. The quantitative estimate of drug-likeness (QED) is 0.627. The Morgan fingerprint density at radius 3 is 2.44 bits per heavy atom. The van der Waals surface area contributed by atoms with Crippen LogP contribution < -0.4 is 5.32 Å². The van der Waals surface area contributed by atoms with Gasteiger partial charge in [-0.05, 0) is 38.4 Å². The molecule has 0 atom stereocenters. The molecule has 0 radical (unpaired) electrons. The average molecular weight is 135 g/mol. The third kappa shape index (κ3) is 4.36. The third-order valence-corrected chi connectivity index (χ3v) is 1.19. The maximum atomic E-state index is 11.6. The highest BCUT2D eigenvalue weighted by Gasteiger charge is 2.17. The third-order valence-electron chi connectivity index (χ3n) is 1.19. The maximum absolute atomic E-state index is 11.6. The second-order valence-electron chi connectivity index (χ2n) is 2.69. The van der Waals surface area contributed by atoms with Crippen molar-refractivity contribution in [3.63, 3.8) is 0 Å². The van der Waals surface area contributed by atoms with Crippen LogP contribution in [0.3, 0.4) is 0 Å². The van der Waals surface area contributed by atoms with Crippen LogP contribution in [-0.2, 0) is 4.94 Å². The first kappa shape index (κ1) is 8.85. The number of hydrogen-bond donors (Lipinski definition) is 1. The Morgan fingerprint density at radius 2 is 2.11 bits per heavy atom. The fraction of sp³-hybridized carbons (Fsp3) is 1.00. The van der Waals surface area contributed by atoms with Crippen molar-refractivity contribution in [2.45, 2.75) is 25.9 Å². The summed E-state index contributed by atoms with van der Waals surface area (Å²) in [4.78, 5) is 3.70. The van der Waals surface area contributed by atoms with Gasteiger partial charge in [-0.15, -0.1) is 0 Å². The molecule has 3 heteroatoms. The zero-order valence-corrected chi connectivity index (χ0v) is 6.20. The summed E-state index contributed by atoms with van der Waals surface area (Å²) in [6, 6.07) is 0. The highest BCUT2D eigenvalue weighted by atomic mass is 19.3. The Balaban J connectivity index is 3.33. The van der Waals surface area contributed by atoms with E-state index in [1.165, 1.54) is 0 Å². The molecular formula is C6H14FNO. The topological polar surface area (TPSA) is 21.3 Å². The zero-order chi connectivity index (χ0) is 7.33. The van der Waals surface area contributed by atoms with Gasteiger partial charge in [0.15, 0.2) is 0 Å². The summed E-state index contributed by atoms with van der Waals surface area (Å²) >= 11 is 0. The normalized spacial score (nSPS) is 12.0. The van der Waals surface area contributed by atoms with Gasteiger partial charge < -0.3 is 5.32 Å². The lowest BCUT2D eigenvalue weighted by molar-refractivity contribution is -0.223. The molecule has 0 saturated carbocycles. The zero-order valence-electron chi connectivity index (χ0n) is 6.20. The van der Waals surface area contributed by atoms with Crippen molar-refractivity contribution >= 4 is 0 Å². The number of halogens is 1. The molecule has 0 aromatic carbocycles. The predicted molar refractivity (Wildman–Crippen MR) is 34.8 cm³/mol. The van der Waals surface area contributed by atoms with Gasteiger partial charge in [0.25, 0.3) is 0 Å². The van der Waals surface area contributed by atoms with E-state index in [-0.39, 0.29) is 0 Å². The van der Waals surface area contributed by atoms with Crippen LogP contribution in [0.15, 0.2) is 0 Å². The smallest absolute Gasteiger partial charge is 0.105 e. The molecule has 56 valence electrons. The van der Waals surface area contributed by atoms with Crippen molar-refractivity contribution in [2.24, 2.45) is 0 Å². The van der Waals surface area contributed by atoms with E-state index in [2.05, 4.69) is 10.3 Å². The van der Waals surface area contributed by atoms with Gasteiger partial charge in [-0.25, -0.2) is 0 Å². The van der Waals surface area contributed by atoms with E-state index in [0.29, 0.717) is 6.42 Å². The largest absolute Gasteiger partial charge is 0.320 e. The molecule has 0 spiro atoms. The lowest BCUT2D eigenvalue weighted by Gasteiger charge is -2.17. The lowest BCUT2D eigenvalue weighted by atomic mass is 10.1. The molecule has 0 fully saturated rings. The van der Waals surface area contributed by atoms with Gasteiger partial charge in [0, 0.05) is 0 Å². The SMILES string of the molecule is CNCCC(C)(C)OF. The summed E-state index contributed by atoms with van der Waals surface area (Å²) in [5.41, 5.74) is -0.636. The first-order valence-electron chi connectivity index (χ1n) is 3.07. The van der Waals surface area contributed by atoms with Crippen LogP contribution in [0.2, 0.25) is 0 Å². The highest BCUT2D eigenvalue weighted by molar-refractivity contribution is 4.66. The van der Waals surface area contributed by atoms with E-state index in [0.717, 1.165) is 6.54 Å². The standard InChI is InChI=1S/C6H14FNO/c1-6(2,9-7)4-5-8-3/h8H,4-5H2,1-3H3. The van der Waals surface area contributed by atoms with Crippen molar-refractivity contribution in [1.82, 2.24) is 5.32 Å². The van der Waals surface area contributed by atoms with Gasteiger partial charge in [-0.3, -0.25) is 0 Å². The van der Waals surface area contributed by atoms with E-state index < -0.39 is 5.60 Å². The molecule has 1 N–H and O–H groups in total. The summed E-state index contributed by atoms with van der Waals surface area (Å²) in [7, 11) is 1.83. The van der Waals surface area contributed by atoms with Crippen LogP contribution in [0.25, 0.3) is 0 Å². The van der Waals surface area contributed by atoms with Crippen LogP contribution >= 0.6 is 0 Å². The van der Waals surface area contributed by atoms with E-state index in [4.69, 9.17) is 0 Å². The van der Waals surface area contributed by atoms with Crippen LogP contribution in [0.5, 0.6) is 0 Å². The summed E-state index contributed by atoms with van der Waals surface area (Å²) < 4.78 is 11.6. The van der Waals surface area contributed by atoms with Crippen molar-refractivity contribution in [3.8, 4) is 0 Å². The molecule has 0 aromatic heterocycles. The molecule has 2 nitrogen and oxygen atoms in total. The van der Waals surface area contributed by atoms with Crippen LogP contribution in [-0.4, -0.2) is 19.2 Å². The fourth-order valence-electron chi connectivity index (χ4n) is 0.465. The van der Waals surface area contributed by atoms with Crippen LogP contribution in [0.1, 0.15) is 20.3 Å². The summed E-state index contributed by atoms with van der Waals surface area (Å²) in [5, 5.41) is 2.91. The van der Waals surface area contributed by atoms with Gasteiger partial charge >= 0.3 is 0 Å². The highest BCUT2D eigenvalue weighted by Crippen LogP contribution is 2.12. The molecular weight excluding hydrogens is 121 g/mol. The summed E-state index contributed by atoms with van der Waals surface area (Å²) in [6.45, 7) is 4.20. The molecule has 9 heavy (non-hydrogen) atoms. The first-order chi connectivity index (χ1) is 4.12. The molecule has 0 saturated heterocycles. The van der Waals surface area contributed by atoms with Crippen molar-refractivity contribution in [2.75, 3.05) is 13.6 Å². The van der Waals surface area contributed by atoms with E-state index >= 15 is 0 Å². The van der Waals surface area contributed by atoms with E-state index in [9.17, 15) is 4.53 Å². The Bertz CT molecular complexity index is 75.5. The Kier molecular flexibility index (Phi) is 3.73. The van der Waals surface area contributed by atoms with Gasteiger partial charge in [-0.1, -0.05) is 0 Å². The number of hydrogen-bond acceptors (Lipinski definition) is 2. The molecule has 0 rings (SSSR count). The number of rotatable bonds is 4. The van der Waals surface area contributed by atoms with Crippen molar-refractivity contribution in [1.29, 1.82) is 0 Å². The second kappa shape index (κ2) is 3.80. The van der Waals surface area contributed by atoms with E-state index in [1.807, 2.05) is 7.05 Å². The van der Waals surface area contributed by atoms with Gasteiger partial charge in [-0.2, -0.15) is 4.94 Å². The predicted octanol–water partition coefficient (Wildman–Crippen LogP) is 1.28.